The van der Waals surface area contributed by atoms with Gasteiger partial charge in [0.15, 0.2) is 0 Å². The Bertz CT molecular complexity index is 692. The molecule has 2 aromatic rings. The monoisotopic (exact) mass is 335 g/mol. The highest BCUT2D eigenvalue weighted by atomic mass is 35.5. The number of fused-ring (bicyclic) bond motifs is 1. The maximum atomic E-state index is 14.2. The van der Waals surface area contributed by atoms with Crippen LogP contribution in [0.1, 0.15) is 31.1 Å². The highest BCUT2D eigenvalue weighted by Crippen LogP contribution is 2.40. The summed E-state index contributed by atoms with van der Waals surface area (Å²) in [7, 11) is 0. The summed E-state index contributed by atoms with van der Waals surface area (Å²) in [6, 6.07) is 12.2. The van der Waals surface area contributed by atoms with Gasteiger partial charge in [-0.25, -0.2) is 4.39 Å². The van der Waals surface area contributed by atoms with Crippen molar-refractivity contribution in [3.8, 4) is 5.75 Å². The minimum Gasteiger partial charge on any atom is -0.463 e. The van der Waals surface area contributed by atoms with E-state index in [1.54, 1.807) is 36.4 Å². The minimum atomic E-state index is -0.544. The van der Waals surface area contributed by atoms with Crippen molar-refractivity contribution in [3.63, 3.8) is 0 Å². The molecule has 2 aromatic carbocycles. The van der Waals surface area contributed by atoms with Gasteiger partial charge in [-0.15, -0.1) is 0 Å². The molecule has 0 bridgehead atoms. The number of hydrogen-bond donors (Lipinski definition) is 1. The fourth-order valence-electron chi connectivity index (χ4n) is 2.58. The van der Waals surface area contributed by atoms with E-state index in [0.717, 1.165) is 5.56 Å². The van der Waals surface area contributed by atoms with Gasteiger partial charge in [0.2, 0.25) is 6.29 Å². The molecule has 122 valence electrons. The van der Waals surface area contributed by atoms with Crippen LogP contribution in [0.25, 0.3) is 0 Å². The molecular weight excluding hydrogens is 317 g/mol. The van der Waals surface area contributed by atoms with Crippen LogP contribution in [0.2, 0.25) is 5.02 Å². The zero-order chi connectivity index (χ0) is 16.4. The average molecular weight is 336 g/mol. The van der Waals surface area contributed by atoms with E-state index >= 15 is 0 Å². The topological polar surface area (TPSA) is 30.5 Å². The summed E-state index contributed by atoms with van der Waals surface area (Å²) < 4.78 is 26.1. The smallest absolute Gasteiger partial charge is 0.213 e. The summed E-state index contributed by atoms with van der Waals surface area (Å²) in [5.41, 5.74) is 1.22. The first-order chi connectivity index (χ1) is 11.0. The molecule has 1 aliphatic heterocycles. The molecule has 5 heteroatoms. The molecule has 23 heavy (non-hydrogen) atoms. The predicted octanol–water partition coefficient (Wildman–Crippen LogP) is 4.30. The first-order valence-electron chi connectivity index (χ1n) is 7.64. The van der Waals surface area contributed by atoms with Crippen molar-refractivity contribution in [1.29, 1.82) is 0 Å². The lowest BCUT2D eigenvalue weighted by Gasteiger charge is -2.33. The van der Waals surface area contributed by atoms with E-state index in [1.807, 2.05) is 13.8 Å². The standard InChI is InChI=1S/C18H19ClFNO2/c1-11(2)21-10-17-22-16-8-7-12(19)9-14(16)18(23-17)13-5-3-4-6-15(13)20/h3-9,11,17-18,21H,10H2,1-2H3/t17-,18-/m0/s1. The Hall–Kier alpha value is -1.62. The van der Waals surface area contributed by atoms with Crippen LogP contribution in [0.4, 0.5) is 4.39 Å². The highest BCUT2D eigenvalue weighted by molar-refractivity contribution is 6.30. The first-order valence-corrected chi connectivity index (χ1v) is 8.02. The fraction of sp³-hybridized carbons (Fsp3) is 0.333. The zero-order valence-corrected chi connectivity index (χ0v) is 13.8. The molecule has 0 fully saturated rings. The normalized spacial score (nSPS) is 20.2. The highest BCUT2D eigenvalue weighted by Gasteiger charge is 2.31. The first kappa shape index (κ1) is 16.2. The molecule has 3 nitrogen and oxygen atoms in total. The molecule has 1 heterocycles. The number of rotatable bonds is 4. The third-order valence-corrected chi connectivity index (χ3v) is 3.92. The quantitative estimate of drug-likeness (QED) is 0.903. The van der Waals surface area contributed by atoms with E-state index in [0.29, 0.717) is 28.9 Å². The summed E-state index contributed by atoms with van der Waals surface area (Å²) in [6.07, 6.45) is -1.03. The van der Waals surface area contributed by atoms with Crippen LogP contribution in [0.15, 0.2) is 42.5 Å². The summed E-state index contributed by atoms with van der Waals surface area (Å²) in [6.45, 7) is 4.61. The van der Waals surface area contributed by atoms with Crippen LogP contribution in [0.5, 0.6) is 5.75 Å². The molecule has 0 radical (unpaired) electrons. The molecule has 3 rings (SSSR count). The lowest BCUT2D eigenvalue weighted by molar-refractivity contribution is -0.125. The van der Waals surface area contributed by atoms with Gasteiger partial charge in [0.1, 0.15) is 17.7 Å². The second-order valence-electron chi connectivity index (χ2n) is 5.83. The van der Waals surface area contributed by atoms with Crippen molar-refractivity contribution in [1.82, 2.24) is 5.32 Å². The summed E-state index contributed by atoms with van der Waals surface area (Å²) >= 11 is 6.09. The maximum Gasteiger partial charge on any atom is 0.213 e. The van der Waals surface area contributed by atoms with E-state index in [9.17, 15) is 4.39 Å². The Morgan fingerprint density at radius 2 is 1.96 bits per heavy atom. The molecule has 0 aliphatic carbocycles. The molecule has 0 unspecified atom stereocenters. The lowest BCUT2D eigenvalue weighted by Crippen LogP contribution is -2.40. The molecule has 2 atom stereocenters. The van der Waals surface area contributed by atoms with Crippen molar-refractivity contribution >= 4 is 11.6 Å². The minimum absolute atomic E-state index is 0.305. The van der Waals surface area contributed by atoms with Crippen molar-refractivity contribution in [2.75, 3.05) is 6.54 Å². The predicted molar refractivity (Wildman–Crippen MR) is 88.3 cm³/mol. The number of ether oxygens (including phenoxy) is 2. The van der Waals surface area contributed by atoms with Crippen LogP contribution in [0, 0.1) is 5.82 Å². The molecular formula is C18H19ClFNO2. The van der Waals surface area contributed by atoms with Gasteiger partial charge in [-0.05, 0) is 24.3 Å². The number of nitrogens with one attached hydrogen (secondary N) is 1. The third-order valence-electron chi connectivity index (χ3n) is 3.68. The zero-order valence-electron chi connectivity index (χ0n) is 13.1. The van der Waals surface area contributed by atoms with Crippen LogP contribution in [0.3, 0.4) is 0 Å². The van der Waals surface area contributed by atoms with Crippen LogP contribution in [-0.4, -0.2) is 18.9 Å². The average Bonchev–Trinajstić information content (AvgIpc) is 2.53. The van der Waals surface area contributed by atoms with E-state index in [4.69, 9.17) is 21.1 Å². The van der Waals surface area contributed by atoms with Gasteiger partial charge >= 0.3 is 0 Å². The summed E-state index contributed by atoms with van der Waals surface area (Å²) in [5.74, 6) is 0.366. The molecule has 0 spiro atoms. The SMILES string of the molecule is CC(C)NC[C@H]1Oc2ccc(Cl)cc2[C@H](c2ccccc2F)O1. The fourth-order valence-corrected chi connectivity index (χ4v) is 2.76. The van der Waals surface area contributed by atoms with Crippen LogP contribution < -0.4 is 10.1 Å². The van der Waals surface area contributed by atoms with E-state index < -0.39 is 12.4 Å². The van der Waals surface area contributed by atoms with Gasteiger partial charge in [0.25, 0.3) is 0 Å². The molecule has 0 saturated carbocycles. The Balaban J connectivity index is 1.96. The van der Waals surface area contributed by atoms with Crippen molar-refractivity contribution < 1.29 is 13.9 Å². The van der Waals surface area contributed by atoms with E-state index in [1.165, 1.54) is 6.07 Å². The summed E-state index contributed by atoms with van der Waals surface area (Å²) in [4.78, 5) is 0. The third kappa shape index (κ3) is 3.66. The Labute approximate surface area is 140 Å². The summed E-state index contributed by atoms with van der Waals surface area (Å²) in [5, 5.41) is 3.84. The Morgan fingerprint density at radius 1 is 1.17 bits per heavy atom. The molecule has 0 amide bonds. The van der Waals surface area contributed by atoms with E-state index in [-0.39, 0.29) is 5.82 Å². The van der Waals surface area contributed by atoms with Crippen molar-refractivity contribution in [2.24, 2.45) is 0 Å². The van der Waals surface area contributed by atoms with Crippen molar-refractivity contribution in [3.05, 3.63) is 64.4 Å². The number of benzene rings is 2. The van der Waals surface area contributed by atoms with Gasteiger partial charge in [-0.2, -0.15) is 0 Å². The van der Waals surface area contributed by atoms with Gasteiger partial charge in [-0.1, -0.05) is 43.6 Å². The van der Waals surface area contributed by atoms with Gasteiger partial charge in [0.05, 0.1) is 6.54 Å². The lowest BCUT2D eigenvalue weighted by atomic mass is 9.99. The van der Waals surface area contributed by atoms with Crippen LogP contribution >= 0.6 is 11.6 Å². The molecule has 1 N–H and O–H groups in total. The van der Waals surface area contributed by atoms with Crippen LogP contribution in [-0.2, 0) is 4.74 Å². The van der Waals surface area contributed by atoms with Gasteiger partial charge < -0.3 is 14.8 Å². The molecule has 1 aliphatic rings. The van der Waals surface area contributed by atoms with E-state index in [2.05, 4.69) is 5.32 Å². The second-order valence-corrected chi connectivity index (χ2v) is 6.27. The molecule has 0 aromatic heterocycles. The number of hydrogen-bond acceptors (Lipinski definition) is 3. The van der Waals surface area contributed by atoms with Crippen molar-refractivity contribution in [2.45, 2.75) is 32.3 Å². The second kappa shape index (κ2) is 6.87. The van der Waals surface area contributed by atoms with Gasteiger partial charge in [0, 0.05) is 22.2 Å². The Kier molecular flexibility index (Phi) is 4.85. The number of halogens is 2. The van der Waals surface area contributed by atoms with Gasteiger partial charge in [-0.3, -0.25) is 0 Å². The molecule has 0 saturated heterocycles. The maximum absolute atomic E-state index is 14.2. The largest absolute Gasteiger partial charge is 0.463 e. The Morgan fingerprint density at radius 3 is 2.70 bits per heavy atom.